The molecule has 27 heavy (non-hydrogen) atoms. The van der Waals surface area contributed by atoms with E-state index in [9.17, 15) is 4.79 Å². The molecule has 1 aliphatic rings. The van der Waals surface area contributed by atoms with Crippen LogP contribution in [0.1, 0.15) is 35.7 Å². The van der Waals surface area contributed by atoms with E-state index in [-0.39, 0.29) is 5.91 Å². The normalized spacial score (nSPS) is 13.7. The third kappa shape index (κ3) is 4.03. The van der Waals surface area contributed by atoms with Crippen LogP contribution in [0.3, 0.4) is 0 Å². The van der Waals surface area contributed by atoms with Gasteiger partial charge < -0.3 is 10.2 Å². The van der Waals surface area contributed by atoms with Crippen molar-refractivity contribution in [3.63, 3.8) is 0 Å². The third-order valence-corrected chi connectivity index (χ3v) is 5.81. The molecule has 2 heterocycles. The molecular formula is C22H23N3OS. The van der Waals surface area contributed by atoms with Gasteiger partial charge >= 0.3 is 0 Å². The van der Waals surface area contributed by atoms with Crippen LogP contribution in [0.25, 0.3) is 11.3 Å². The summed E-state index contributed by atoms with van der Waals surface area (Å²) in [5.41, 5.74) is 4.67. The zero-order chi connectivity index (χ0) is 18.6. The Morgan fingerprint density at radius 1 is 1.15 bits per heavy atom. The van der Waals surface area contributed by atoms with Gasteiger partial charge in [-0.3, -0.25) is 4.79 Å². The standard InChI is InChI=1S/C22H23N3OS/c1-2-16-8-10-17(11-9-16)21(26)23-19-7-5-6-18(14-19)20-15-27-22(24-20)25-12-3-4-13-25/h5-11,14-15H,2-4,12-13H2,1H3,(H,23,26). The van der Waals surface area contributed by atoms with Gasteiger partial charge in [-0.1, -0.05) is 31.2 Å². The predicted molar refractivity (Wildman–Crippen MR) is 113 cm³/mol. The highest BCUT2D eigenvalue weighted by Gasteiger charge is 2.16. The fourth-order valence-corrected chi connectivity index (χ4v) is 4.19. The number of rotatable bonds is 5. The van der Waals surface area contributed by atoms with Crippen molar-refractivity contribution in [2.75, 3.05) is 23.3 Å². The van der Waals surface area contributed by atoms with E-state index in [1.54, 1.807) is 11.3 Å². The van der Waals surface area contributed by atoms with Crippen LogP contribution >= 0.6 is 11.3 Å². The molecule has 0 bridgehead atoms. The smallest absolute Gasteiger partial charge is 0.255 e. The molecule has 2 aromatic carbocycles. The molecule has 1 fully saturated rings. The van der Waals surface area contributed by atoms with Gasteiger partial charge in [0.1, 0.15) is 0 Å². The first-order valence-electron chi connectivity index (χ1n) is 9.44. The van der Waals surface area contributed by atoms with Crippen molar-refractivity contribution in [1.29, 1.82) is 0 Å². The second-order valence-electron chi connectivity index (χ2n) is 6.79. The van der Waals surface area contributed by atoms with Crippen LogP contribution in [-0.4, -0.2) is 24.0 Å². The van der Waals surface area contributed by atoms with Crippen molar-refractivity contribution in [3.05, 3.63) is 65.0 Å². The van der Waals surface area contributed by atoms with Crippen LogP contribution in [0, 0.1) is 0 Å². The minimum absolute atomic E-state index is 0.0918. The molecule has 3 aromatic rings. The van der Waals surface area contributed by atoms with Crippen molar-refractivity contribution in [2.45, 2.75) is 26.2 Å². The number of aryl methyl sites for hydroxylation is 1. The van der Waals surface area contributed by atoms with E-state index in [0.717, 1.165) is 41.6 Å². The number of benzene rings is 2. The summed E-state index contributed by atoms with van der Waals surface area (Å²) >= 11 is 1.69. The number of carbonyl (C=O) groups excluding carboxylic acids is 1. The van der Waals surface area contributed by atoms with Crippen molar-refractivity contribution in [1.82, 2.24) is 4.98 Å². The molecule has 0 spiro atoms. The molecule has 1 saturated heterocycles. The highest BCUT2D eigenvalue weighted by atomic mass is 32.1. The third-order valence-electron chi connectivity index (χ3n) is 4.91. The van der Waals surface area contributed by atoms with Crippen LogP contribution in [0.4, 0.5) is 10.8 Å². The summed E-state index contributed by atoms with van der Waals surface area (Å²) in [5.74, 6) is -0.0918. The highest BCUT2D eigenvalue weighted by molar-refractivity contribution is 7.14. The number of aromatic nitrogens is 1. The number of anilines is 2. The quantitative estimate of drug-likeness (QED) is 0.662. The number of nitrogens with zero attached hydrogens (tertiary/aromatic N) is 2. The van der Waals surface area contributed by atoms with Gasteiger partial charge in [-0.15, -0.1) is 11.3 Å². The zero-order valence-corrected chi connectivity index (χ0v) is 16.3. The molecule has 5 heteroatoms. The van der Waals surface area contributed by atoms with Crippen LogP contribution in [-0.2, 0) is 6.42 Å². The lowest BCUT2D eigenvalue weighted by Crippen LogP contribution is -2.17. The minimum Gasteiger partial charge on any atom is -0.348 e. The van der Waals surface area contributed by atoms with E-state index in [2.05, 4.69) is 22.5 Å². The van der Waals surface area contributed by atoms with Gasteiger partial charge in [-0.05, 0) is 49.1 Å². The fourth-order valence-electron chi connectivity index (χ4n) is 3.30. The van der Waals surface area contributed by atoms with E-state index in [1.807, 2.05) is 48.5 Å². The molecule has 4 rings (SSSR count). The molecule has 1 aromatic heterocycles. The molecular weight excluding hydrogens is 354 g/mol. The summed E-state index contributed by atoms with van der Waals surface area (Å²) < 4.78 is 0. The summed E-state index contributed by atoms with van der Waals surface area (Å²) in [5, 5.41) is 6.18. The Morgan fingerprint density at radius 3 is 2.67 bits per heavy atom. The summed E-state index contributed by atoms with van der Waals surface area (Å²) in [4.78, 5) is 19.6. The average molecular weight is 378 g/mol. The molecule has 0 radical (unpaired) electrons. The Bertz CT molecular complexity index is 927. The molecule has 0 saturated carbocycles. The topological polar surface area (TPSA) is 45.2 Å². The maximum Gasteiger partial charge on any atom is 0.255 e. The lowest BCUT2D eigenvalue weighted by atomic mass is 10.1. The number of carbonyl (C=O) groups is 1. The van der Waals surface area contributed by atoms with E-state index in [0.29, 0.717) is 5.56 Å². The zero-order valence-electron chi connectivity index (χ0n) is 15.4. The first-order valence-corrected chi connectivity index (χ1v) is 10.3. The number of hydrogen-bond donors (Lipinski definition) is 1. The predicted octanol–water partition coefficient (Wildman–Crippen LogP) is 5.23. The van der Waals surface area contributed by atoms with E-state index in [1.165, 1.54) is 18.4 Å². The van der Waals surface area contributed by atoms with E-state index >= 15 is 0 Å². The average Bonchev–Trinajstić information content (AvgIpc) is 3.40. The number of amides is 1. The molecule has 0 unspecified atom stereocenters. The summed E-state index contributed by atoms with van der Waals surface area (Å²) in [7, 11) is 0. The monoisotopic (exact) mass is 377 g/mol. The Kier molecular flexibility index (Phi) is 5.21. The molecule has 1 N–H and O–H groups in total. The fraction of sp³-hybridized carbons (Fsp3) is 0.273. The number of nitrogens with one attached hydrogen (secondary N) is 1. The van der Waals surface area contributed by atoms with Crippen molar-refractivity contribution < 1.29 is 4.79 Å². The number of hydrogen-bond acceptors (Lipinski definition) is 4. The number of thiazole rings is 1. The minimum atomic E-state index is -0.0918. The van der Waals surface area contributed by atoms with Crippen LogP contribution in [0.2, 0.25) is 0 Å². The molecule has 1 amide bonds. The Labute approximate surface area is 163 Å². The molecule has 0 aliphatic carbocycles. The Balaban J connectivity index is 1.49. The molecule has 1 aliphatic heterocycles. The van der Waals surface area contributed by atoms with Crippen molar-refractivity contribution in [3.8, 4) is 11.3 Å². The van der Waals surface area contributed by atoms with Gasteiger partial charge in [0, 0.05) is 35.3 Å². The summed E-state index contributed by atoms with van der Waals surface area (Å²) in [6, 6.07) is 15.6. The highest BCUT2D eigenvalue weighted by Crippen LogP contribution is 2.30. The van der Waals surface area contributed by atoms with Crippen LogP contribution < -0.4 is 10.2 Å². The van der Waals surface area contributed by atoms with Crippen molar-refractivity contribution in [2.24, 2.45) is 0 Å². The SMILES string of the molecule is CCc1ccc(C(=O)Nc2cccc(-c3csc(N4CCCC4)n3)c2)cc1. The van der Waals surface area contributed by atoms with E-state index in [4.69, 9.17) is 4.98 Å². The van der Waals surface area contributed by atoms with Gasteiger partial charge in [0.25, 0.3) is 5.91 Å². The van der Waals surface area contributed by atoms with Gasteiger partial charge in [0.05, 0.1) is 5.69 Å². The summed E-state index contributed by atoms with van der Waals surface area (Å²) in [6.07, 6.45) is 3.46. The maximum atomic E-state index is 12.5. The van der Waals surface area contributed by atoms with E-state index < -0.39 is 0 Å². The lowest BCUT2D eigenvalue weighted by Gasteiger charge is -2.12. The van der Waals surface area contributed by atoms with Gasteiger partial charge in [-0.2, -0.15) is 0 Å². The second kappa shape index (κ2) is 7.92. The van der Waals surface area contributed by atoms with Gasteiger partial charge in [0.2, 0.25) is 0 Å². The molecule has 4 nitrogen and oxygen atoms in total. The molecule has 138 valence electrons. The Hall–Kier alpha value is -2.66. The lowest BCUT2D eigenvalue weighted by molar-refractivity contribution is 0.102. The molecule has 0 atom stereocenters. The second-order valence-corrected chi connectivity index (χ2v) is 7.63. The van der Waals surface area contributed by atoms with Gasteiger partial charge in [0.15, 0.2) is 5.13 Å². The van der Waals surface area contributed by atoms with Crippen LogP contribution in [0.5, 0.6) is 0 Å². The van der Waals surface area contributed by atoms with Crippen LogP contribution in [0.15, 0.2) is 53.9 Å². The summed E-state index contributed by atoms with van der Waals surface area (Å²) in [6.45, 7) is 4.30. The first kappa shape index (κ1) is 17.7. The largest absolute Gasteiger partial charge is 0.348 e. The van der Waals surface area contributed by atoms with Crippen molar-refractivity contribution >= 4 is 28.1 Å². The first-order chi connectivity index (χ1) is 13.2. The van der Waals surface area contributed by atoms with Gasteiger partial charge in [-0.25, -0.2) is 4.98 Å². The Morgan fingerprint density at radius 2 is 1.93 bits per heavy atom. The maximum absolute atomic E-state index is 12.5.